The molecule has 0 atom stereocenters. The third-order valence-corrected chi connectivity index (χ3v) is 6.95. The van der Waals surface area contributed by atoms with Gasteiger partial charge in [0, 0.05) is 27.0 Å². The molecule has 0 amide bonds. The summed E-state index contributed by atoms with van der Waals surface area (Å²) in [6.07, 6.45) is 4.75. The Morgan fingerprint density at radius 3 is 2.89 bits per heavy atom. The van der Waals surface area contributed by atoms with Gasteiger partial charge in [-0.15, -0.1) is 0 Å². The highest BCUT2D eigenvalue weighted by Crippen LogP contribution is 2.37. The van der Waals surface area contributed by atoms with Gasteiger partial charge in [-0.2, -0.15) is 0 Å². The molecule has 1 aliphatic rings. The molecule has 2 aromatic heterocycles. The average Bonchev–Trinajstić information content (AvgIpc) is 3.18. The minimum Gasteiger partial charge on any atom is -0.382 e. The van der Waals surface area contributed by atoms with Gasteiger partial charge in [-0.3, -0.25) is 4.79 Å². The summed E-state index contributed by atoms with van der Waals surface area (Å²) in [5.74, 6) is 0.591. The van der Waals surface area contributed by atoms with Gasteiger partial charge in [0.2, 0.25) is 0 Å². The van der Waals surface area contributed by atoms with E-state index in [0.29, 0.717) is 24.3 Å². The van der Waals surface area contributed by atoms with Crippen molar-refractivity contribution in [2.24, 2.45) is 5.73 Å². The number of aryl methyl sites for hydroxylation is 2. The van der Waals surface area contributed by atoms with Gasteiger partial charge in [0.1, 0.15) is 6.33 Å². The summed E-state index contributed by atoms with van der Waals surface area (Å²) in [7, 11) is 0. The summed E-state index contributed by atoms with van der Waals surface area (Å²) < 4.78 is 3.18. The standard InChI is InChI=1S/C18H19IN6OS/c19-12-7-10-3-4-13(26)11(10)8-14(12)27-18-24-15-16(21)22-9-23-17(15)25(18)6-2-1-5-20/h7-9H,1-6,20H2,(H2,21,22,23). The first-order valence-electron chi connectivity index (χ1n) is 8.78. The van der Waals surface area contributed by atoms with Gasteiger partial charge in [0.25, 0.3) is 0 Å². The van der Waals surface area contributed by atoms with E-state index >= 15 is 0 Å². The zero-order valence-electron chi connectivity index (χ0n) is 14.6. The molecule has 0 spiro atoms. The van der Waals surface area contributed by atoms with Crippen LogP contribution in [0.25, 0.3) is 11.2 Å². The summed E-state index contributed by atoms with van der Waals surface area (Å²) in [6.45, 7) is 1.41. The van der Waals surface area contributed by atoms with E-state index in [2.05, 4.69) is 43.2 Å². The maximum absolute atomic E-state index is 12.1. The van der Waals surface area contributed by atoms with Crippen LogP contribution in [0.15, 0.2) is 28.5 Å². The number of ketones is 1. The molecule has 7 nitrogen and oxygen atoms in total. The van der Waals surface area contributed by atoms with Crippen molar-refractivity contribution < 1.29 is 4.79 Å². The fourth-order valence-electron chi connectivity index (χ4n) is 3.25. The highest BCUT2D eigenvalue weighted by Gasteiger charge is 2.23. The number of anilines is 1. The molecule has 140 valence electrons. The number of nitrogens with two attached hydrogens (primary N) is 2. The minimum absolute atomic E-state index is 0.217. The van der Waals surface area contributed by atoms with Crippen molar-refractivity contribution in [2.45, 2.75) is 42.3 Å². The SMILES string of the molecule is NCCCCn1c(Sc2cc3c(cc2I)CCC3=O)nc2c(N)ncnc21. The number of carbonyl (C=O) groups is 1. The van der Waals surface area contributed by atoms with Crippen molar-refractivity contribution >= 4 is 57.1 Å². The van der Waals surface area contributed by atoms with E-state index in [-0.39, 0.29) is 5.78 Å². The van der Waals surface area contributed by atoms with Crippen LogP contribution in [0.4, 0.5) is 5.82 Å². The van der Waals surface area contributed by atoms with Crippen LogP contribution in [-0.2, 0) is 13.0 Å². The van der Waals surface area contributed by atoms with Crippen LogP contribution in [0.1, 0.15) is 35.2 Å². The van der Waals surface area contributed by atoms with E-state index in [1.165, 1.54) is 18.1 Å². The Bertz CT molecular complexity index is 1030. The fourth-order valence-corrected chi connectivity index (χ4v) is 5.06. The number of nitrogens with zero attached hydrogens (tertiary/aromatic N) is 4. The van der Waals surface area contributed by atoms with Gasteiger partial charge in [-0.05, 0) is 66.1 Å². The second-order valence-corrected chi connectivity index (χ2v) is 8.61. The Balaban J connectivity index is 1.75. The van der Waals surface area contributed by atoms with Crippen molar-refractivity contribution in [1.82, 2.24) is 19.5 Å². The third-order valence-electron chi connectivity index (χ3n) is 4.64. The lowest BCUT2D eigenvalue weighted by atomic mass is 10.1. The largest absolute Gasteiger partial charge is 0.382 e. The minimum atomic E-state index is 0.217. The Morgan fingerprint density at radius 1 is 1.22 bits per heavy atom. The molecule has 0 saturated carbocycles. The molecule has 1 aromatic carbocycles. The number of imidazole rings is 1. The van der Waals surface area contributed by atoms with Crippen molar-refractivity contribution in [1.29, 1.82) is 0 Å². The Labute approximate surface area is 174 Å². The quantitative estimate of drug-likeness (QED) is 0.400. The summed E-state index contributed by atoms with van der Waals surface area (Å²) >= 11 is 3.86. The predicted octanol–water partition coefficient (Wildman–Crippen LogP) is 3.03. The highest BCUT2D eigenvalue weighted by molar-refractivity contribution is 14.1. The monoisotopic (exact) mass is 494 g/mol. The van der Waals surface area contributed by atoms with Crippen molar-refractivity contribution in [3.63, 3.8) is 0 Å². The number of hydrogen-bond acceptors (Lipinski definition) is 7. The number of hydrogen-bond donors (Lipinski definition) is 2. The van der Waals surface area contributed by atoms with E-state index in [9.17, 15) is 4.79 Å². The smallest absolute Gasteiger partial charge is 0.175 e. The number of Topliss-reactive ketones (excluding diaryl/α,β-unsaturated/α-hetero) is 1. The maximum atomic E-state index is 12.1. The molecular formula is C18H19IN6OS. The van der Waals surface area contributed by atoms with Crippen LogP contribution in [0.3, 0.4) is 0 Å². The molecule has 0 radical (unpaired) electrons. The van der Waals surface area contributed by atoms with Crippen molar-refractivity contribution in [3.05, 3.63) is 33.2 Å². The predicted molar refractivity (Wildman–Crippen MR) is 114 cm³/mol. The van der Waals surface area contributed by atoms with E-state index in [4.69, 9.17) is 16.5 Å². The van der Waals surface area contributed by atoms with Gasteiger partial charge < -0.3 is 16.0 Å². The van der Waals surface area contributed by atoms with Crippen LogP contribution in [0, 0.1) is 3.57 Å². The maximum Gasteiger partial charge on any atom is 0.175 e. The van der Waals surface area contributed by atoms with Gasteiger partial charge in [0.15, 0.2) is 27.9 Å². The summed E-state index contributed by atoms with van der Waals surface area (Å²) in [5.41, 5.74) is 15.0. The van der Waals surface area contributed by atoms with Crippen molar-refractivity contribution in [2.75, 3.05) is 12.3 Å². The number of benzene rings is 1. The first-order chi connectivity index (χ1) is 13.1. The average molecular weight is 494 g/mol. The lowest BCUT2D eigenvalue weighted by molar-refractivity contribution is 0.0994. The molecule has 0 unspecified atom stereocenters. The van der Waals surface area contributed by atoms with Crippen molar-refractivity contribution in [3.8, 4) is 0 Å². The Morgan fingerprint density at radius 2 is 2.07 bits per heavy atom. The molecule has 4 N–H and O–H groups in total. The summed E-state index contributed by atoms with van der Waals surface area (Å²) in [6, 6.07) is 4.11. The fraction of sp³-hybridized carbons (Fsp3) is 0.333. The Kier molecular flexibility index (Phi) is 5.33. The van der Waals surface area contributed by atoms with E-state index in [1.54, 1.807) is 0 Å². The van der Waals surface area contributed by atoms with Gasteiger partial charge in [0.05, 0.1) is 0 Å². The molecule has 0 saturated heterocycles. The molecule has 4 rings (SSSR count). The molecule has 9 heteroatoms. The summed E-state index contributed by atoms with van der Waals surface area (Å²) in [5, 5.41) is 0.803. The van der Waals surface area contributed by atoms with E-state index in [1.807, 2.05) is 6.07 Å². The topological polar surface area (TPSA) is 113 Å². The molecule has 0 aliphatic heterocycles. The van der Waals surface area contributed by atoms with Gasteiger partial charge >= 0.3 is 0 Å². The van der Waals surface area contributed by atoms with Gasteiger partial charge in [-0.1, -0.05) is 11.8 Å². The molecule has 3 aromatic rings. The van der Waals surface area contributed by atoms with Crippen LogP contribution in [0.2, 0.25) is 0 Å². The number of aromatic nitrogens is 4. The third kappa shape index (κ3) is 3.55. The second-order valence-electron chi connectivity index (χ2n) is 6.44. The summed E-state index contributed by atoms with van der Waals surface area (Å²) in [4.78, 5) is 26.3. The van der Waals surface area contributed by atoms with E-state index < -0.39 is 0 Å². The van der Waals surface area contributed by atoms with Crippen LogP contribution in [-0.4, -0.2) is 31.8 Å². The number of nitrogen functional groups attached to an aromatic ring is 1. The van der Waals surface area contributed by atoms with E-state index in [0.717, 1.165) is 56.2 Å². The number of unbranched alkanes of at least 4 members (excludes halogenated alkanes) is 1. The molecule has 1 aliphatic carbocycles. The second kappa shape index (κ2) is 7.72. The first kappa shape index (κ1) is 18.6. The molecule has 27 heavy (non-hydrogen) atoms. The zero-order chi connectivity index (χ0) is 19.0. The van der Waals surface area contributed by atoms with Gasteiger partial charge in [-0.25, -0.2) is 15.0 Å². The van der Waals surface area contributed by atoms with Crippen LogP contribution >= 0.6 is 34.4 Å². The van der Waals surface area contributed by atoms with Crippen LogP contribution in [0.5, 0.6) is 0 Å². The zero-order valence-corrected chi connectivity index (χ0v) is 17.6. The highest BCUT2D eigenvalue weighted by atomic mass is 127. The molecule has 0 bridgehead atoms. The molecular weight excluding hydrogens is 475 g/mol. The lowest BCUT2D eigenvalue weighted by Crippen LogP contribution is -2.05. The lowest BCUT2D eigenvalue weighted by Gasteiger charge is -2.10. The molecule has 0 fully saturated rings. The number of fused-ring (bicyclic) bond motifs is 2. The Hall–Kier alpha value is -1.72. The molecule has 2 heterocycles. The number of halogens is 1. The number of rotatable bonds is 6. The first-order valence-corrected chi connectivity index (χ1v) is 10.7. The normalized spacial score (nSPS) is 13.5. The number of carbonyl (C=O) groups excluding carboxylic acids is 1. The van der Waals surface area contributed by atoms with Crippen LogP contribution < -0.4 is 11.5 Å².